The predicted molar refractivity (Wildman–Crippen MR) is 101 cm³/mol. The number of hydrogen-bond acceptors (Lipinski definition) is 3. The van der Waals surface area contributed by atoms with Crippen LogP contribution in [0.25, 0.3) is 0 Å². The van der Waals surface area contributed by atoms with E-state index in [0.29, 0.717) is 11.4 Å². The van der Waals surface area contributed by atoms with Crippen molar-refractivity contribution in [3.05, 3.63) is 82.5 Å². The van der Waals surface area contributed by atoms with Crippen LogP contribution in [0.1, 0.15) is 15.9 Å². The molecule has 24 heavy (non-hydrogen) atoms. The molecule has 1 aromatic heterocycles. The highest BCUT2D eigenvalue weighted by molar-refractivity contribution is 9.10. The molecule has 0 saturated heterocycles. The largest absolute Gasteiger partial charge is 0.339 e. The van der Waals surface area contributed by atoms with Gasteiger partial charge in [0, 0.05) is 22.0 Å². The molecule has 3 aromatic rings. The minimum absolute atomic E-state index is 0.207. The van der Waals surface area contributed by atoms with Gasteiger partial charge in [-0.15, -0.1) is 0 Å². The van der Waals surface area contributed by atoms with Crippen LogP contribution in [0, 0.1) is 6.92 Å². The third-order valence-corrected chi connectivity index (χ3v) is 4.08. The van der Waals surface area contributed by atoms with E-state index in [1.54, 1.807) is 18.3 Å². The van der Waals surface area contributed by atoms with E-state index in [1.165, 1.54) is 0 Å². The molecule has 0 spiro atoms. The average Bonchev–Trinajstić information content (AvgIpc) is 2.59. The van der Waals surface area contributed by atoms with E-state index < -0.39 is 0 Å². The van der Waals surface area contributed by atoms with Crippen LogP contribution in [0.4, 0.5) is 17.2 Å². The number of para-hydroxylation sites is 1. The van der Waals surface area contributed by atoms with E-state index in [9.17, 15) is 4.79 Å². The summed E-state index contributed by atoms with van der Waals surface area (Å²) < 4.78 is 0.962. The molecule has 0 fully saturated rings. The van der Waals surface area contributed by atoms with Crippen LogP contribution >= 0.6 is 15.9 Å². The molecule has 0 radical (unpaired) electrons. The monoisotopic (exact) mass is 381 g/mol. The molecule has 0 saturated carbocycles. The maximum atomic E-state index is 12.6. The first-order chi connectivity index (χ1) is 11.6. The highest BCUT2D eigenvalue weighted by atomic mass is 79.9. The minimum atomic E-state index is -0.207. The Bertz CT molecular complexity index is 862. The lowest BCUT2D eigenvalue weighted by Crippen LogP contribution is -2.14. The number of anilines is 3. The third kappa shape index (κ3) is 3.81. The van der Waals surface area contributed by atoms with Crippen LogP contribution in [0.2, 0.25) is 0 Å². The smallest absolute Gasteiger partial charge is 0.259 e. The number of nitrogens with one attached hydrogen (secondary N) is 2. The quantitative estimate of drug-likeness (QED) is 0.656. The molecule has 0 unspecified atom stereocenters. The zero-order valence-corrected chi connectivity index (χ0v) is 14.7. The molecule has 2 aromatic carbocycles. The SMILES string of the molecule is Cc1ccccc1Nc1ncccc1C(=O)Nc1ccc(Br)cc1. The van der Waals surface area contributed by atoms with Gasteiger partial charge in [-0.05, 0) is 55.0 Å². The molecule has 1 heterocycles. The Balaban J connectivity index is 1.84. The van der Waals surface area contributed by atoms with Crippen molar-refractivity contribution in [2.75, 3.05) is 10.6 Å². The number of aromatic nitrogens is 1. The van der Waals surface area contributed by atoms with E-state index in [0.717, 1.165) is 21.4 Å². The van der Waals surface area contributed by atoms with Crippen molar-refractivity contribution in [2.24, 2.45) is 0 Å². The number of aryl methyl sites for hydroxylation is 1. The summed E-state index contributed by atoms with van der Waals surface area (Å²) in [6.07, 6.45) is 1.66. The molecule has 4 nitrogen and oxygen atoms in total. The van der Waals surface area contributed by atoms with E-state index in [2.05, 4.69) is 31.5 Å². The number of nitrogens with zero attached hydrogens (tertiary/aromatic N) is 1. The second-order valence-corrected chi connectivity index (χ2v) is 6.22. The summed E-state index contributed by atoms with van der Waals surface area (Å²) in [5.41, 5.74) is 3.23. The van der Waals surface area contributed by atoms with Crippen molar-refractivity contribution in [3.63, 3.8) is 0 Å². The number of carbonyl (C=O) groups excluding carboxylic acids is 1. The lowest BCUT2D eigenvalue weighted by Gasteiger charge is -2.12. The van der Waals surface area contributed by atoms with Crippen LogP contribution in [0.5, 0.6) is 0 Å². The third-order valence-electron chi connectivity index (χ3n) is 3.55. The Morgan fingerprint density at radius 3 is 2.50 bits per heavy atom. The fourth-order valence-electron chi connectivity index (χ4n) is 2.26. The topological polar surface area (TPSA) is 54.0 Å². The van der Waals surface area contributed by atoms with E-state index in [-0.39, 0.29) is 5.91 Å². The zero-order valence-electron chi connectivity index (χ0n) is 13.1. The van der Waals surface area contributed by atoms with Gasteiger partial charge < -0.3 is 10.6 Å². The van der Waals surface area contributed by atoms with Gasteiger partial charge in [0.25, 0.3) is 5.91 Å². The maximum Gasteiger partial charge on any atom is 0.259 e. The van der Waals surface area contributed by atoms with Crippen LogP contribution < -0.4 is 10.6 Å². The number of amides is 1. The molecular formula is C19H16BrN3O. The van der Waals surface area contributed by atoms with Crippen LogP contribution in [-0.2, 0) is 0 Å². The summed E-state index contributed by atoms with van der Waals surface area (Å²) in [5, 5.41) is 6.12. The number of hydrogen-bond donors (Lipinski definition) is 2. The summed E-state index contributed by atoms with van der Waals surface area (Å²) in [6, 6.07) is 18.8. The van der Waals surface area contributed by atoms with Gasteiger partial charge in [0.15, 0.2) is 0 Å². The normalized spacial score (nSPS) is 10.2. The number of benzene rings is 2. The zero-order chi connectivity index (χ0) is 16.9. The van der Waals surface area contributed by atoms with Crippen molar-refractivity contribution in [2.45, 2.75) is 6.92 Å². The lowest BCUT2D eigenvalue weighted by molar-refractivity contribution is 0.102. The Hall–Kier alpha value is -2.66. The Morgan fingerprint density at radius 2 is 1.75 bits per heavy atom. The number of carbonyl (C=O) groups is 1. The number of rotatable bonds is 4. The van der Waals surface area contributed by atoms with Gasteiger partial charge in [0.05, 0.1) is 5.56 Å². The first kappa shape index (κ1) is 16.2. The highest BCUT2D eigenvalue weighted by Gasteiger charge is 2.13. The van der Waals surface area contributed by atoms with Crippen LogP contribution in [0.15, 0.2) is 71.3 Å². The van der Waals surface area contributed by atoms with Crippen molar-refractivity contribution in [1.82, 2.24) is 4.98 Å². The summed E-state index contributed by atoms with van der Waals surface area (Å²) >= 11 is 3.38. The first-order valence-electron chi connectivity index (χ1n) is 7.48. The van der Waals surface area contributed by atoms with Gasteiger partial charge in [-0.2, -0.15) is 0 Å². The lowest BCUT2D eigenvalue weighted by atomic mass is 10.2. The molecule has 0 aliphatic heterocycles. The van der Waals surface area contributed by atoms with Gasteiger partial charge in [0.1, 0.15) is 5.82 Å². The Kier molecular flexibility index (Phi) is 4.91. The molecule has 3 rings (SSSR count). The van der Waals surface area contributed by atoms with Crippen molar-refractivity contribution in [3.8, 4) is 0 Å². The maximum absolute atomic E-state index is 12.6. The fourth-order valence-corrected chi connectivity index (χ4v) is 2.52. The van der Waals surface area contributed by atoms with Gasteiger partial charge in [0.2, 0.25) is 0 Å². The predicted octanol–water partition coefficient (Wildman–Crippen LogP) is 5.15. The Labute approximate surface area is 149 Å². The summed E-state index contributed by atoms with van der Waals surface area (Å²) in [6.45, 7) is 2.01. The van der Waals surface area contributed by atoms with Crippen molar-refractivity contribution < 1.29 is 4.79 Å². The average molecular weight is 382 g/mol. The van der Waals surface area contributed by atoms with Gasteiger partial charge >= 0.3 is 0 Å². The minimum Gasteiger partial charge on any atom is -0.339 e. The van der Waals surface area contributed by atoms with Crippen LogP contribution in [-0.4, -0.2) is 10.9 Å². The standard InChI is InChI=1S/C19H16BrN3O/c1-13-5-2-3-7-17(13)23-18-16(6-4-12-21-18)19(24)22-15-10-8-14(20)9-11-15/h2-12H,1H3,(H,21,23)(H,22,24). The molecule has 1 amide bonds. The molecular weight excluding hydrogens is 366 g/mol. The van der Waals surface area contributed by atoms with Crippen molar-refractivity contribution >= 4 is 39.0 Å². The molecule has 0 aliphatic carbocycles. The second-order valence-electron chi connectivity index (χ2n) is 5.30. The first-order valence-corrected chi connectivity index (χ1v) is 8.27. The van der Waals surface area contributed by atoms with Crippen LogP contribution in [0.3, 0.4) is 0 Å². The van der Waals surface area contributed by atoms with Crippen molar-refractivity contribution in [1.29, 1.82) is 0 Å². The number of pyridine rings is 1. The van der Waals surface area contributed by atoms with E-state index in [4.69, 9.17) is 0 Å². The molecule has 120 valence electrons. The molecule has 0 aliphatic rings. The second kappa shape index (κ2) is 7.27. The molecule has 0 bridgehead atoms. The fraction of sp³-hybridized carbons (Fsp3) is 0.0526. The van der Waals surface area contributed by atoms with E-state index >= 15 is 0 Å². The van der Waals surface area contributed by atoms with Gasteiger partial charge in [-0.1, -0.05) is 34.1 Å². The summed E-state index contributed by atoms with van der Waals surface area (Å²) in [5.74, 6) is 0.322. The molecule has 0 atom stereocenters. The molecule has 2 N–H and O–H groups in total. The van der Waals surface area contributed by atoms with E-state index in [1.807, 2.05) is 55.5 Å². The highest BCUT2D eigenvalue weighted by Crippen LogP contribution is 2.22. The molecule has 5 heteroatoms. The summed E-state index contributed by atoms with van der Waals surface area (Å²) in [7, 11) is 0. The van der Waals surface area contributed by atoms with Gasteiger partial charge in [-0.3, -0.25) is 4.79 Å². The summed E-state index contributed by atoms with van der Waals surface area (Å²) in [4.78, 5) is 16.9. The number of halogens is 1. The Morgan fingerprint density at radius 1 is 1.00 bits per heavy atom. The van der Waals surface area contributed by atoms with Gasteiger partial charge in [-0.25, -0.2) is 4.98 Å².